The lowest BCUT2D eigenvalue weighted by molar-refractivity contribution is -0.150. The Kier molecular flexibility index (Phi) is 9.27. The van der Waals surface area contributed by atoms with Gasteiger partial charge in [-0.3, -0.25) is 9.69 Å². The quantitative estimate of drug-likeness (QED) is 0.361. The molecular weight excluding hydrogens is 444 g/mol. The molecular formula is C32H48N2O2. The van der Waals surface area contributed by atoms with Gasteiger partial charge in [0.05, 0.1) is 7.11 Å². The van der Waals surface area contributed by atoms with Gasteiger partial charge in [0, 0.05) is 23.0 Å². The number of rotatable bonds is 10. The first kappa shape index (κ1) is 28.2. The Morgan fingerprint density at radius 1 is 0.917 bits per heavy atom. The van der Waals surface area contributed by atoms with Crippen molar-refractivity contribution in [3.63, 3.8) is 0 Å². The molecule has 0 radical (unpaired) electrons. The second kappa shape index (κ2) is 11.8. The Morgan fingerprint density at radius 2 is 1.50 bits per heavy atom. The van der Waals surface area contributed by atoms with Crippen molar-refractivity contribution >= 4 is 5.91 Å². The molecule has 1 aliphatic rings. The molecule has 2 atom stereocenters. The SMILES string of the molecule is CC[C@]1(N(C(=O)C(C)C(C)Cc2ccc(OC)cc2)C(C)C)CC[C@@](c2ccccc2)(N(C)C)CC1. The van der Waals surface area contributed by atoms with E-state index in [9.17, 15) is 4.79 Å². The highest BCUT2D eigenvalue weighted by atomic mass is 16.5. The predicted octanol–water partition coefficient (Wildman–Crippen LogP) is 6.93. The van der Waals surface area contributed by atoms with E-state index < -0.39 is 0 Å². The van der Waals surface area contributed by atoms with Crippen LogP contribution in [0, 0.1) is 11.8 Å². The van der Waals surface area contributed by atoms with Crippen LogP contribution in [0.3, 0.4) is 0 Å². The van der Waals surface area contributed by atoms with Crippen molar-refractivity contribution in [1.29, 1.82) is 0 Å². The Hall–Kier alpha value is -2.33. The first-order chi connectivity index (χ1) is 17.1. The second-order valence-electron chi connectivity index (χ2n) is 11.5. The summed E-state index contributed by atoms with van der Waals surface area (Å²) in [6.45, 7) is 11.0. The average Bonchev–Trinajstić information content (AvgIpc) is 2.89. The summed E-state index contributed by atoms with van der Waals surface area (Å²) in [4.78, 5) is 18.8. The highest BCUT2D eigenvalue weighted by Crippen LogP contribution is 2.48. The maximum absolute atomic E-state index is 14.1. The van der Waals surface area contributed by atoms with Crippen LogP contribution in [0.5, 0.6) is 5.75 Å². The molecule has 0 aromatic heterocycles. The van der Waals surface area contributed by atoms with E-state index in [1.807, 2.05) is 12.1 Å². The lowest BCUT2D eigenvalue weighted by atomic mass is 9.66. The number of methoxy groups -OCH3 is 1. The number of carbonyl (C=O) groups is 1. The highest BCUT2D eigenvalue weighted by molar-refractivity contribution is 5.80. The molecule has 0 saturated heterocycles. The summed E-state index contributed by atoms with van der Waals surface area (Å²) in [5.41, 5.74) is 2.58. The van der Waals surface area contributed by atoms with Crippen LogP contribution in [-0.2, 0) is 16.8 Å². The minimum atomic E-state index is -0.0896. The number of ether oxygens (including phenoxy) is 1. The summed E-state index contributed by atoms with van der Waals surface area (Å²) in [7, 11) is 6.11. The van der Waals surface area contributed by atoms with E-state index in [-0.39, 0.29) is 29.0 Å². The number of hydrogen-bond donors (Lipinski definition) is 0. The zero-order chi connectivity index (χ0) is 26.5. The summed E-state index contributed by atoms with van der Waals surface area (Å²) in [6.07, 6.45) is 6.06. The third kappa shape index (κ3) is 5.64. The minimum Gasteiger partial charge on any atom is -0.497 e. The van der Waals surface area contributed by atoms with Crippen LogP contribution in [0.15, 0.2) is 54.6 Å². The zero-order valence-electron chi connectivity index (χ0n) is 23.9. The van der Waals surface area contributed by atoms with Gasteiger partial charge in [0.1, 0.15) is 5.75 Å². The van der Waals surface area contributed by atoms with Crippen LogP contribution in [0.1, 0.15) is 77.8 Å². The topological polar surface area (TPSA) is 32.8 Å². The maximum atomic E-state index is 14.1. The van der Waals surface area contributed by atoms with E-state index in [4.69, 9.17) is 4.74 Å². The molecule has 2 aromatic rings. The monoisotopic (exact) mass is 492 g/mol. The largest absolute Gasteiger partial charge is 0.497 e. The van der Waals surface area contributed by atoms with E-state index in [1.165, 1.54) is 11.1 Å². The van der Waals surface area contributed by atoms with E-state index in [0.29, 0.717) is 5.91 Å². The van der Waals surface area contributed by atoms with E-state index in [0.717, 1.165) is 44.3 Å². The van der Waals surface area contributed by atoms with Crippen LogP contribution in [0.25, 0.3) is 0 Å². The zero-order valence-corrected chi connectivity index (χ0v) is 23.9. The molecule has 0 N–H and O–H groups in total. The van der Waals surface area contributed by atoms with Gasteiger partial charge in [0.25, 0.3) is 0 Å². The first-order valence-corrected chi connectivity index (χ1v) is 13.8. The lowest BCUT2D eigenvalue weighted by Gasteiger charge is -2.55. The van der Waals surface area contributed by atoms with E-state index in [1.54, 1.807) is 7.11 Å². The number of carbonyl (C=O) groups excluding carboxylic acids is 1. The summed E-state index contributed by atoms with van der Waals surface area (Å²) in [6, 6.07) is 19.4. The molecule has 3 rings (SSSR count). The molecule has 1 saturated carbocycles. The van der Waals surface area contributed by atoms with Crippen LogP contribution in [-0.4, -0.2) is 48.5 Å². The van der Waals surface area contributed by atoms with Gasteiger partial charge in [0.2, 0.25) is 5.91 Å². The number of benzene rings is 2. The molecule has 4 nitrogen and oxygen atoms in total. The fourth-order valence-corrected chi connectivity index (χ4v) is 6.45. The molecule has 2 unspecified atom stereocenters. The first-order valence-electron chi connectivity index (χ1n) is 13.8. The third-order valence-corrected chi connectivity index (χ3v) is 9.06. The molecule has 0 bridgehead atoms. The van der Waals surface area contributed by atoms with Gasteiger partial charge in [-0.2, -0.15) is 0 Å². The molecule has 0 heterocycles. The number of nitrogens with zero attached hydrogens (tertiary/aromatic N) is 2. The van der Waals surface area contributed by atoms with Gasteiger partial charge in [-0.25, -0.2) is 0 Å². The molecule has 1 fully saturated rings. The van der Waals surface area contributed by atoms with Crippen LogP contribution < -0.4 is 4.74 Å². The van der Waals surface area contributed by atoms with E-state index >= 15 is 0 Å². The Balaban J connectivity index is 1.80. The van der Waals surface area contributed by atoms with Gasteiger partial charge in [-0.15, -0.1) is 0 Å². The standard InChI is InChI=1S/C32H48N2O2/c1-9-31(19-21-32(22-20-31,33(6)7)28-13-11-10-12-14-28)34(24(2)3)30(35)26(5)25(4)23-27-15-17-29(36-8)18-16-27/h10-18,24-26H,9,19-23H2,1-8H3/t25?,26?,31-,32+. The summed E-state index contributed by atoms with van der Waals surface area (Å²) in [5.74, 6) is 1.40. The molecule has 1 aliphatic carbocycles. The molecule has 1 amide bonds. The molecule has 0 spiro atoms. The van der Waals surface area contributed by atoms with Gasteiger partial charge in [-0.05, 0) is 95.6 Å². The molecule has 198 valence electrons. The van der Waals surface area contributed by atoms with Crippen LogP contribution in [0.4, 0.5) is 0 Å². The Labute approximate surface area is 220 Å². The van der Waals surface area contributed by atoms with Gasteiger partial charge in [-0.1, -0.05) is 63.2 Å². The van der Waals surface area contributed by atoms with Crippen molar-refractivity contribution in [2.45, 2.75) is 90.3 Å². The fraction of sp³-hybridized carbons (Fsp3) is 0.594. The van der Waals surface area contributed by atoms with E-state index in [2.05, 4.69) is 101 Å². The Bertz CT molecular complexity index is 959. The normalized spacial score (nSPS) is 23.9. The molecule has 36 heavy (non-hydrogen) atoms. The summed E-state index contributed by atoms with van der Waals surface area (Å²) >= 11 is 0. The van der Waals surface area contributed by atoms with Crippen LogP contribution in [0.2, 0.25) is 0 Å². The minimum absolute atomic E-state index is 0.0267. The van der Waals surface area contributed by atoms with Gasteiger partial charge in [0.15, 0.2) is 0 Å². The average molecular weight is 493 g/mol. The third-order valence-electron chi connectivity index (χ3n) is 9.06. The molecule has 4 heteroatoms. The van der Waals surface area contributed by atoms with Crippen molar-refractivity contribution in [2.24, 2.45) is 11.8 Å². The fourth-order valence-electron chi connectivity index (χ4n) is 6.45. The van der Waals surface area contributed by atoms with Crippen molar-refractivity contribution in [2.75, 3.05) is 21.2 Å². The van der Waals surface area contributed by atoms with Crippen LogP contribution >= 0.6 is 0 Å². The maximum Gasteiger partial charge on any atom is 0.226 e. The summed E-state index contributed by atoms with van der Waals surface area (Å²) < 4.78 is 5.30. The summed E-state index contributed by atoms with van der Waals surface area (Å²) in [5, 5.41) is 0. The predicted molar refractivity (Wildman–Crippen MR) is 150 cm³/mol. The Morgan fingerprint density at radius 3 is 1.97 bits per heavy atom. The van der Waals surface area contributed by atoms with Crippen molar-refractivity contribution in [3.8, 4) is 5.75 Å². The van der Waals surface area contributed by atoms with Crippen molar-refractivity contribution in [3.05, 3.63) is 65.7 Å². The smallest absolute Gasteiger partial charge is 0.226 e. The second-order valence-corrected chi connectivity index (χ2v) is 11.5. The molecule has 0 aliphatic heterocycles. The number of amides is 1. The highest BCUT2D eigenvalue weighted by Gasteiger charge is 2.49. The molecule has 2 aromatic carbocycles. The lowest BCUT2D eigenvalue weighted by Crippen LogP contribution is -2.60. The number of hydrogen-bond acceptors (Lipinski definition) is 3. The van der Waals surface area contributed by atoms with Gasteiger partial charge >= 0.3 is 0 Å². The van der Waals surface area contributed by atoms with Crippen molar-refractivity contribution < 1.29 is 9.53 Å². The van der Waals surface area contributed by atoms with Gasteiger partial charge < -0.3 is 9.64 Å². The van der Waals surface area contributed by atoms with Crippen molar-refractivity contribution in [1.82, 2.24) is 9.80 Å².